The summed E-state index contributed by atoms with van der Waals surface area (Å²) < 4.78 is 0. The van der Waals surface area contributed by atoms with Crippen LogP contribution in [0.1, 0.15) is 60.4 Å². The van der Waals surface area contributed by atoms with Gasteiger partial charge in [-0.15, -0.1) is 0 Å². The van der Waals surface area contributed by atoms with Crippen molar-refractivity contribution in [3.8, 4) is 0 Å². The van der Waals surface area contributed by atoms with Crippen molar-refractivity contribution in [1.82, 2.24) is 0 Å². The monoisotopic (exact) mass is 260 g/mol. The number of rotatable bonds is 2. The Hall–Kier alpha value is -1.01. The molecule has 1 aliphatic carbocycles. The Bertz CT molecular complexity index is 505. The Balaban J connectivity index is 2.72. The lowest BCUT2D eigenvalue weighted by Gasteiger charge is -2.27. The quantitative estimate of drug-likeness (QED) is 0.642. The highest BCUT2D eigenvalue weighted by Gasteiger charge is 2.21. The summed E-state index contributed by atoms with van der Waals surface area (Å²) in [5.41, 5.74) is 6.83. The molecular weight excluding hydrogens is 240 g/mol. The number of allylic oxidation sites excluding steroid dienone is 1. The number of fused-ring (bicyclic) bond motifs is 1. The lowest BCUT2D eigenvalue weighted by atomic mass is 9.78. The largest absolute Gasteiger partial charge is 0.0984 e. The molecule has 1 aromatic rings. The summed E-state index contributed by atoms with van der Waals surface area (Å²) in [7, 11) is 0. The van der Waals surface area contributed by atoms with E-state index in [0.717, 1.165) is 5.03 Å². The van der Waals surface area contributed by atoms with Gasteiger partial charge in [0.25, 0.3) is 0 Å². The molecule has 1 atom stereocenters. The van der Waals surface area contributed by atoms with Crippen LogP contribution in [0.3, 0.4) is 0 Å². The highest BCUT2D eigenvalue weighted by molar-refractivity contribution is 6.31. The molecular formula is C17H21Cl. The van der Waals surface area contributed by atoms with Gasteiger partial charge in [0, 0.05) is 5.03 Å². The number of aryl methyl sites for hydroxylation is 2. The standard InChI is InChI=1S/C17H21Cl/c1-5-15-16(10-13(4)18)12(3)9-14-8-6-7-11(2)17(14)15/h5,9-11H,1,6-8H2,2-4H3/b13-10+. The molecule has 1 aromatic carbocycles. The Morgan fingerprint density at radius 3 is 2.78 bits per heavy atom. The van der Waals surface area contributed by atoms with Gasteiger partial charge in [-0.05, 0) is 72.9 Å². The molecule has 0 spiro atoms. The van der Waals surface area contributed by atoms with Gasteiger partial charge >= 0.3 is 0 Å². The molecule has 0 saturated heterocycles. The minimum atomic E-state index is 0.630. The Morgan fingerprint density at radius 2 is 2.17 bits per heavy atom. The minimum absolute atomic E-state index is 0.630. The van der Waals surface area contributed by atoms with Crippen molar-refractivity contribution >= 4 is 23.8 Å². The summed E-state index contributed by atoms with van der Waals surface area (Å²) in [6.45, 7) is 10.4. The normalized spacial score (nSPS) is 19.6. The van der Waals surface area contributed by atoms with Gasteiger partial charge in [0.2, 0.25) is 0 Å². The van der Waals surface area contributed by atoms with E-state index < -0.39 is 0 Å². The van der Waals surface area contributed by atoms with Crippen molar-refractivity contribution in [3.63, 3.8) is 0 Å². The highest BCUT2D eigenvalue weighted by Crippen LogP contribution is 2.38. The molecule has 0 aliphatic heterocycles. The van der Waals surface area contributed by atoms with Gasteiger partial charge in [0.15, 0.2) is 0 Å². The summed E-state index contributed by atoms with van der Waals surface area (Å²) in [6, 6.07) is 2.34. The lowest BCUT2D eigenvalue weighted by molar-refractivity contribution is 0.589. The lowest BCUT2D eigenvalue weighted by Crippen LogP contribution is -2.11. The van der Waals surface area contributed by atoms with Crippen LogP contribution in [0.4, 0.5) is 0 Å². The summed E-state index contributed by atoms with van der Waals surface area (Å²) in [4.78, 5) is 0. The Morgan fingerprint density at radius 1 is 1.44 bits per heavy atom. The van der Waals surface area contributed by atoms with Crippen LogP contribution < -0.4 is 0 Å². The average molecular weight is 261 g/mol. The molecule has 18 heavy (non-hydrogen) atoms. The van der Waals surface area contributed by atoms with Crippen molar-refractivity contribution in [2.24, 2.45) is 0 Å². The predicted molar refractivity (Wildman–Crippen MR) is 82.1 cm³/mol. The maximum absolute atomic E-state index is 6.06. The zero-order chi connectivity index (χ0) is 13.3. The van der Waals surface area contributed by atoms with E-state index >= 15 is 0 Å². The first-order valence-corrected chi connectivity index (χ1v) is 7.05. The fraction of sp³-hybridized carbons (Fsp3) is 0.412. The van der Waals surface area contributed by atoms with Crippen LogP contribution in [-0.4, -0.2) is 0 Å². The van der Waals surface area contributed by atoms with Crippen LogP contribution in [0.5, 0.6) is 0 Å². The number of halogens is 1. The summed E-state index contributed by atoms with van der Waals surface area (Å²) in [5.74, 6) is 0.630. The molecule has 0 saturated carbocycles. The fourth-order valence-corrected chi connectivity index (χ4v) is 3.20. The van der Waals surface area contributed by atoms with E-state index in [4.69, 9.17) is 11.6 Å². The molecule has 96 valence electrons. The molecule has 0 heterocycles. The average Bonchev–Trinajstić information content (AvgIpc) is 2.30. The van der Waals surface area contributed by atoms with Gasteiger partial charge in [-0.2, -0.15) is 0 Å². The van der Waals surface area contributed by atoms with Gasteiger partial charge < -0.3 is 0 Å². The topological polar surface area (TPSA) is 0 Å². The maximum Gasteiger partial charge on any atom is 0.0156 e. The van der Waals surface area contributed by atoms with Crippen LogP contribution in [-0.2, 0) is 6.42 Å². The van der Waals surface area contributed by atoms with Gasteiger partial charge in [-0.1, -0.05) is 37.2 Å². The van der Waals surface area contributed by atoms with E-state index in [2.05, 4.69) is 32.6 Å². The zero-order valence-electron chi connectivity index (χ0n) is 11.5. The van der Waals surface area contributed by atoms with Gasteiger partial charge in [-0.3, -0.25) is 0 Å². The summed E-state index contributed by atoms with van der Waals surface area (Å²) in [5, 5.41) is 0.824. The van der Waals surface area contributed by atoms with Crippen LogP contribution in [0, 0.1) is 6.92 Å². The molecule has 0 nitrogen and oxygen atoms in total. The van der Waals surface area contributed by atoms with Crippen molar-refractivity contribution in [2.75, 3.05) is 0 Å². The predicted octanol–water partition coefficient (Wildman–Crippen LogP) is 5.68. The second-order valence-corrected chi connectivity index (χ2v) is 5.92. The molecule has 1 heteroatoms. The van der Waals surface area contributed by atoms with Crippen molar-refractivity contribution in [2.45, 2.75) is 46.0 Å². The third kappa shape index (κ3) is 2.40. The smallest absolute Gasteiger partial charge is 0.0156 e. The SMILES string of the molecule is C=Cc1c(/C=C(\C)Cl)c(C)cc2c1C(C)CCC2. The van der Waals surface area contributed by atoms with E-state index in [1.165, 1.54) is 47.1 Å². The van der Waals surface area contributed by atoms with Crippen molar-refractivity contribution in [3.05, 3.63) is 45.5 Å². The van der Waals surface area contributed by atoms with Crippen molar-refractivity contribution < 1.29 is 0 Å². The number of hydrogen-bond donors (Lipinski definition) is 0. The Labute approximate surface area is 115 Å². The third-order valence-corrected chi connectivity index (χ3v) is 3.97. The van der Waals surface area contributed by atoms with Gasteiger partial charge in [0.05, 0.1) is 0 Å². The van der Waals surface area contributed by atoms with E-state index in [1.807, 2.05) is 13.0 Å². The van der Waals surface area contributed by atoms with Crippen LogP contribution in [0.2, 0.25) is 0 Å². The summed E-state index contributed by atoms with van der Waals surface area (Å²) >= 11 is 6.06. The summed E-state index contributed by atoms with van der Waals surface area (Å²) in [6.07, 6.45) is 7.84. The number of benzene rings is 1. The molecule has 0 radical (unpaired) electrons. The van der Waals surface area contributed by atoms with E-state index in [0.29, 0.717) is 5.92 Å². The van der Waals surface area contributed by atoms with Crippen molar-refractivity contribution in [1.29, 1.82) is 0 Å². The Kier molecular flexibility index (Phi) is 3.97. The third-order valence-electron chi connectivity index (χ3n) is 3.87. The second-order valence-electron chi connectivity index (χ2n) is 5.32. The van der Waals surface area contributed by atoms with E-state index in [9.17, 15) is 0 Å². The van der Waals surface area contributed by atoms with Gasteiger partial charge in [0.1, 0.15) is 0 Å². The zero-order valence-corrected chi connectivity index (χ0v) is 12.3. The maximum atomic E-state index is 6.06. The van der Waals surface area contributed by atoms with Gasteiger partial charge in [-0.25, -0.2) is 0 Å². The molecule has 2 rings (SSSR count). The molecule has 0 aromatic heterocycles. The van der Waals surface area contributed by atoms with E-state index in [1.54, 1.807) is 0 Å². The molecule has 1 aliphatic rings. The van der Waals surface area contributed by atoms with E-state index in [-0.39, 0.29) is 0 Å². The van der Waals surface area contributed by atoms with Crippen LogP contribution in [0.15, 0.2) is 17.7 Å². The first-order chi connectivity index (χ1) is 8.54. The highest BCUT2D eigenvalue weighted by atomic mass is 35.5. The fourth-order valence-electron chi connectivity index (χ4n) is 3.09. The first kappa shape index (κ1) is 13.4. The second kappa shape index (κ2) is 5.32. The molecule has 0 N–H and O–H groups in total. The number of hydrogen-bond acceptors (Lipinski definition) is 0. The molecule has 0 fully saturated rings. The van der Waals surface area contributed by atoms with Crippen LogP contribution in [0.25, 0.3) is 12.2 Å². The van der Waals surface area contributed by atoms with Crippen LogP contribution >= 0.6 is 11.6 Å². The minimum Gasteiger partial charge on any atom is -0.0984 e. The molecule has 1 unspecified atom stereocenters. The molecule has 0 bridgehead atoms. The first-order valence-electron chi connectivity index (χ1n) is 6.67. The molecule has 0 amide bonds.